The Kier molecular flexibility index (Phi) is 4.95. The molecule has 5 nitrogen and oxygen atoms in total. The van der Waals surface area contributed by atoms with Gasteiger partial charge in [0, 0.05) is 5.69 Å². The number of carbonyl (C=O) groups is 1. The minimum Gasteiger partial charge on any atom is -0.504 e. The summed E-state index contributed by atoms with van der Waals surface area (Å²) in [6.07, 6.45) is 1.36. The third-order valence-electron chi connectivity index (χ3n) is 2.98. The van der Waals surface area contributed by atoms with Crippen LogP contribution in [0.3, 0.4) is 0 Å². The summed E-state index contributed by atoms with van der Waals surface area (Å²) in [6, 6.07) is 11.4. The van der Waals surface area contributed by atoms with Crippen molar-refractivity contribution in [2.75, 3.05) is 12.4 Å². The van der Waals surface area contributed by atoms with Crippen LogP contribution >= 0.6 is 0 Å². The molecule has 0 aliphatic carbocycles. The number of nitrogens with one attached hydrogen (secondary N) is 1. The zero-order valence-electron chi connectivity index (χ0n) is 12.2. The highest BCUT2D eigenvalue weighted by atomic mass is 19.1. The smallest absolute Gasteiger partial charge is 0.266 e. The fraction of sp³-hybridized carbons (Fsp3) is 0.0588. The van der Waals surface area contributed by atoms with E-state index in [1.54, 1.807) is 12.1 Å². The summed E-state index contributed by atoms with van der Waals surface area (Å²) in [5.41, 5.74) is 0.758. The van der Waals surface area contributed by atoms with E-state index < -0.39 is 11.7 Å². The monoisotopic (exact) mass is 312 g/mol. The van der Waals surface area contributed by atoms with Crippen molar-refractivity contribution in [1.29, 1.82) is 5.26 Å². The number of halogens is 1. The van der Waals surface area contributed by atoms with Gasteiger partial charge in [0.25, 0.3) is 5.91 Å². The number of hydrogen-bond donors (Lipinski definition) is 2. The van der Waals surface area contributed by atoms with Crippen molar-refractivity contribution in [3.63, 3.8) is 0 Å². The van der Waals surface area contributed by atoms with E-state index in [1.807, 2.05) is 0 Å². The Balaban J connectivity index is 2.23. The molecule has 2 aromatic rings. The van der Waals surface area contributed by atoms with Gasteiger partial charge in [0.15, 0.2) is 11.5 Å². The Labute approximate surface area is 132 Å². The lowest BCUT2D eigenvalue weighted by atomic mass is 10.1. The van der Waals surface area contributed by atoms with Crippen molar-refractivity contribution < 1.29 is 19.0 Å². The minimum atomic E-state index is -0.619. The van der Waals surface area contributed by atoms with E-state index in [2.05, 4.69) is 5.32 Å². The highest BCUT2D eigenvalue weighted by Crippen LogP contribution is 2.27. The largest absolute Gasteiger partial charge is 0.504 e. The first-order valence-corrected chi connectivity index (χ1v) is 6.59. The Morgan fingerprint density at radius 3 is 2.61 bits per heavy atom. The lowest BCUT2D eigenvalue weighted by molar-refractivity contribution is -0.112. The fourth-order valence-corrected chi connectivity index (χ4v) is 1.83. The maximum absolute atomic E-state index is 12.8. The third kappa shape index (κ3) is 4.08. The number of ether oxygens (including phenoxy) is 1. The van der Waals surface area contributed by atoms with Crippen molar-refractivity contribution >= 4 is 17.7 Å². The summed E-state index contributed by atoms with van der Waals surface area (Å²) in [5.74, 6) is -0.852. The van der Waals surface area contributed by atoms with Crippen LogP contribution in [0.25, 0.3) is 6.08 Å². The van der Waals surface area contributed by atoms with Crippen molar-refractivity contribution in [3.8, 4) is 17.6 Å². The lowest BCUT2D eigenvalue weighted by Crippen LogP contribution is -2.13. The van der Waals surface area contributed by atoms with Gasteiger partial charge in [-0.05, 0) is 48.0 Å². The Hall–Kier alpha value is -3.33. The molecule has 116 valence electrons. The average Bonchev–Trinajstić information content (AvgIpc) is 2.56. The van der Waals surface area contributed by atoms with Gasteiger partial charge in [0.2, 0.25) is 0 Å². The quantitative estimate of drug-likeness (QED) is 0.671. The van der Waals surface area contributed by atoms with Crippen LogP contribution in [0.5, 0.6) is 11.5 Å². The predicted molar refractivity (Wildman–Crippen MR) is 83.3 cm³/mol. The second kappa shape index (κ2) is 7.09. The molecule has 23 heavy (non-hydrogen) atoms. The van der Waals surface area contributed by atoms with Crippen molar-refractivity contribution in [3.05, 3.63) is 59.4 Å². The van der Waals surface area contributed by atoms with E-state index in [1.165, 1.54) is 49.6 Å². The van der Waals surface area contributed by atoms with Gasteiger partial charge in [-0.15, -0.1) is 0 Å². The summed E-state index contributed by atoms with van der Waals surface area (Å²) in [5, 5.41) is 21.2. The third-order valence-corrected chi connectivity index (χ3v) is 2.98. The maximum Gasteiger partial charge on any atom is 0.266 e. The van der Waals surface area contributed by atoms with E-state index in [4.69, 9.17) is 10.00 Å². The molecule has 0 saturated carbocycles. The molecule has 0 fully saturated rings. The average molecular weight is 312 g/mol. The number of anilines is 1. The van der Waals surface area contributed by atoms with Crippen LogP contribution in [0.4, 0.5) is 10.1 Å². The van der Waals surface area contributed by atoms with E-state index >= 15 is 0 Å². The van der Waals surface area contributed by atoms with E-state index in [9.17, 15) is 14.3 Å². The van der Waals surface area contributed by atoms with Gasteiger partial charge in [-0.2, -0.15) is 5.26 Å². The number of amides is 1. The Morgan fingerprint density at radius 1 is 1.30 bits per heavy atom. The normalized spacial score (nSPS) is 10.7. The first-order chi connectivity index (χ1) is 11.0. The number of phenolic OH excluding ortho intramolecular Hbond substituents is 1. The molecule has 6 heteroatoms. The number of hydrogen-bond acceptors (Lipinski definition) is 4. The number of benzene rings is 2. The van der Waals surface area contributed by atoms with Gasteiger partial charge in [-0.3, -0.25) is 4.79 Å². The molecule has 2 rings (SSSR count). The molecule has 0 bridgehead atoms. The molecule has 0 unspecified atom stereocenters. The first-order valence-electron chi connectivity index (χ1n) is 6.59. The molecule has 0 heterocycles. The zero-order valence-corrected chi connectivity index (χ0v) is 12.2. The van der Waals surface area contributed by atoms with Crippen molar-refractivity contribution in [2.45, 2.75) is 0 Å². The number of rotatable bonds is 4. The maximum atomic E-state index is 12.8. The number of nitrogens with zero attached hydrogens (tertiary/aromatic N) is 1. The summed E-state index contributed by atoms with van der Waals surface area (Å²) in [7, 11) is 1.40. The zero-order chi connectivity index (χ0) is 16.8. The molecule has 0 saturated heterocycles. The SMILES string of the molecule is COc1cc(/C=C(/C#N)C(=O)Nc2ccc(F)cc2)ccc1O. The Bertz CT molecular complexity index is 792. The Morgan fingerprint density at radius 2 is 2.00 bits per heavy atom. The second-order valence-electron chi connectivity index (χ2n) is 4.56. The minimum absolute atomic E-state index is 0.0427. The fourth-order valence-electron chi connectivity index (χ4n) is 1.83. The molecule has 0 spiro atoms. The predicted octanol–water partition coefficient (Wildman–Crippen LogP) is 3.09. The molecule has 0 aliphatic rings. The summed E-state index contributed by atoms with van der Waals surface area (Å²) >= 11 is 0. The van der Waals surface area contributed by atoms with Crippen LogP contribution in [-0.2, 0) is 4.79 Å². The van der Waals surface area contributed by atoms with E-state index in [-0.39, 0.29) is 17.1 Å². The number of carbonyl (C=O) groups excluding carboxylic acids is 1. The topological polar surface area (TPSA) is 82.3 Å². The van der Waals surface area contributed by atoms with Gasteiger partial charge in [-0.1, -0.05) is 6.07 Å². The number of nitriles is 1. The second-order valence-corrected chi connectivity index (χ2v) is 4.56. The highest BCUT2D eigenvalue weighted by Gasteiger charge is 2.10. The highest BCUT2D eigenvalue weighted by molar-refractivity contribution is 6.09. The number of aromatic hydroxyl groups is 1. The summed E-state index contributed by atoms with van der Waals surface area (Å²) in [6.45, 7) is 0. The molecule has 0 aliphatic heterocycles. The standard InChI is InChI=1S/C17H13FN2O3/c1-23-16-9-11(2-7-15(16)21)8-12(10-19)17(22)20-14-5-3-13(18)4-6-14/h2-9,21H,1H3,(H,20,22)/b12-8-. The van der Waals surface area contributed by atoms with Crippen molar-refractivity contribution in [1.82, 2.24) is 0 Å². The van der Waals surface area contributed by atoms with E-state index in [0.717, 1.165) is 0 Å². The molecule has 1 amide bonds. The molecular weight excluding hydrogens is 299 g/mol. The van der Waals surface area contributed by atoms with Crippen LogP contribution in [0, 0.1) is 17.1 Å². The van der Waals surface area contributed by atoms with Crippen LogP contribution in [0.15, 0.2) is 48.0 Å². The van der Waals surface area contributed by atoms with Crippen LogP contribution < -0.4 is 10.1 Å². The van der Waals surface area contributed by atoms with Crippen LogP contribution in [0.2, 0.25) is 0 Å². The van der Waals surface area contributed by atoms with E-state index in [0.29, 0.717) is 11.3 Å². The van der Waals surface area contributed by atoms with Gasteiger partial charge in [0.1, 0.15) is 17.5 Å². The van der Waals surface area contributed by atoms with Crippen molar-refractivity contribution in [2.24, 2.45) is 0 Å². The summed E-state index contributed by atoms with van der Waals surface area (Å²) < 4.78 is 17.8. The molecule has 0 atom stereocenters. The molecule has 0 radical (unpaired) electrons. The lowest BCUT2D eigenvalue weighted by Gasteiger charge is -2.06. The molecule has 2 aromatic carbocycles. The first kappa shape index (κ1) is 16.0. The van der Waals surface area contributed by atoms with Gasteiger partial charge in [0.05, 0.1) is 7.11 Å². The summed E-state index contributed by atoms with van der Waals surface area (Å²) in [4.78, 5) is 12.1. The van der Waals surface area contributed by atoms with Gasteiger partial charge < -0.3 is 15.2 Å². The van der Waals surface area contributed by atoms with Crippen LogP contribution in [-0.4, -0.2) is 18.1 Å². The number of methoxy groups -OCH3 is 1. The van der Waals surface area contributed by atoms with Crippen LogP contribution in [0.1, 0.15) is 5.56 Å². The van der Waals surface area contributed by atoms with Gasteiger partial charge >= 0.3 is 0 Å². The molecule has 2 N–H and O–H groups in total. The number of phenols is 1. The molecule has 0 aromatic heterocycles. The van der Waals surface area contributed by atoms with Gasteiger partial charge in [-0.25, -0.2) is 4.39 Å². The molecular formula is C17H13FN2O3.